The number of rotatable bonds is 9. The van der Waals surface area contributed by atoms with E-state index < -0.39 is 0 Å². The van der Waals surface area contributed by atoms with Gasteiger partial charge in [-0.05, 0) is 25.3 Å². The second-order valence-electron chi connectivity index (χ2n) is 4.62. The molecule has 0 aliphatic carbocycles. The molecule has 1 heterocycles. The number of hydrogen-bond donors (Lipinski definition) is 3. The van der Waals surface area contributed by atoms with Gasteiger partial charge in [0.25, 0.3) is 0 Å². The van der Waals surface area contributed by atoms with Gasteiger partial charge in [0.05, 0.1) is 18.6 Å². The first kappa shape index (κ1) is 14.7. The molecule has 102 valence electrons. The van der Waals surface area contributed by atoms with Crippen molar-refractivity contribution >= 4 is 5.91 Å². The summed E-state index contributed by atoms with van der Waals surface area (Å²) in [6, 6.07) is 0. The molecule has 0 saturated carbocycles. The first-order chi connectivity index (χ1) is 8.76. The normalized spacial score (nSPS) is 12.3. The monoisotopic (exact) mass is 252 g/mol. The Morgan fingerprint density at radius 2 is 2.33 bits per heavy atom. The van der Waals surface area contributed by atoms with Crippen LogP contribution in [0.3, 0.4) is 0 Å². The molecule has 5 heteroatoms. The Kier molecular flexibility index (Phi) is 7.10. The predicted octanol–water partition coefficient (Wildman–Crippen LogP) is 1.57. The Morgan fingerprint density at radius 1 is 1.50 bits per heavy atom. The van der Waals surface area contributed by atoms with Gasteiger partial charge in [-0.15, -0.1) is 0 Å². The highest BCUT2D eigenvalue weighted by atomic mass is 16.1. The van der Waals surface area contributed by atoms with Crippen molar-refractivity contribution < 1.29 is 4.79 Å². The van der Waals surface area contributed by atoms with Crippen molar-refractivity contribution in [3.05, 3.63) is 18.2 Å². The molecule has 0 spiro atoms. The summed E-state index contributed by atoms with van der Waals surface area (Å²) >= 11 is 0. The lowest BCUT2D eigenvalue weighted by Crippen LogP contribution is -2.23. The number of H-pyrrole nitrogens is 1. The molecule has 18 heavy (non-hydrogen) atoms. The summed E-state index contributed by atoms with van der Waals surface area (Å²) < 4.78 is 0. The summed E-state index contributed by atoms with van der Waals surface area (Å²) in [6.45, 7) is 3.40. The lowest BCUT2D eigenvalue weighted by Gasteiger charge is -2.14. The van der Waals surface area contributed by atoms with Crippen LogP contribution in [0.1, 0.15) is 44.7 Å². The van der Waals surface area contributed by atoms with Gasteiger partial charge in [-0.1, -0.05) is 19.8 Å². The van der Waals surface area contributed by atoms with E-state index in [0.29, 0.717) is 25.4 Å². The van der Waals surface area contributed by atoms with Crippen molar-refractivity contribution in [3.63, 3.8) is 0 Å². The van der Waals surface area contributed by atoms with Gasteiger partial charge in [-0.2, -0.15) is 0 Å². The average molecular weight is 252 g/mol. The molecule has 4 N–H and O–H groups in total. The molecule has 0 fully saturated rings. The van der Waals surface area contributed by atoms with Crippen LogP contribution in [-0.4, -0.2) is 22.4 Å². The van der Waals surface area contributed by atoms with Crippen molar-refractivity contribution in [1.82, 2.24) is 15.3 Å². The third-order valence-corrected chi connectivity index (χ3v) is 3.08. The van der Waals surface area contributed by atoms with E-state index >= 15 is 0 Å². The van der Waals surface area contributed by atoms with Crippen LogP contribution >= 0.6 is 0 Å². The van der Waals surface area contributed by atoms with Gasteiger partial charge in [-0.3, -0.25) is 4.79 Å². The van der Waals surface area contributed by atoms with Gasteiger partial charge < -0.3 is 16.0 Å². The molecule has 1 amide bonds. The molecule has 0 aliphatic rings. The number of nitrogens with zero attached hydrogens (tertiary/aromatic N) is 1. The van der Waals surface area contributed by atoms with Crippen LogP contribution in [0.2, 0.25) is 0 Å². The van der Waals surface area contributed by atoms with E-state index in [0.717, 1.165) is 31.4 Å². The van der Waals surface area contributed by atoms with Gasteiger partial charge in [0.15, 0.2) is 0 Å². The summed E-state index contributed by atoms with van der Waals surface area (Å²) in [5.41, 5.74) is 6.50. The fourth-order valence-electron chi connectivity index (χ4n) is 2.08. The third kappa shape index (κ3) is 5.82. The molecule has 5 nitrogen and oxygen atoms in total. The van der Waals surface area contributed by atoms with Gasteiger partial charge in [-0.25, -0.2) is 4.98 Å². The molecular weight excluding hydrogens is 228 g/mol. The maximum absolute atomic E-state index is 11.7. The van der Waals surface area contributed by atoms with Crippen LogP contribution in [0.15, 0.2) is 12.5 Å². The van der Waals surface area contributed by atoms with Crippen molar-refractivity contribution in [1.29, 1.82) is 0 Å². The molecular formula is C13H24N4O. The zero-order valence-corrected chi connectivity index (χ0v) is 11.1. The van der Waals surface area contributed by atoms with Crippen LogP contribution in [0.5, 0.6) is 0 Å². The minimum absolute atomic E-state index is 0.0997. The average Bonchev–Trinajstić information content (AvgIpc) is 2.87. The smallest absolute Gasteiger partial charge is 0.220 e. The summed E-state index contributed by atoms with van der Waals surface area (Å²) in [5.74, 6) is 0.681. The zero-order valence-electron chi connectivity index (χ0n) is 11.1. The number of carbonyl (C=O) groups is 1. The number of aromatic nitrogens is 2. The number of aromatic amines is 1. The minimum atomic E-state index is 0.0997. The van der Waals surface area contributed by atoms with Gasteiger partial charge in [0.1, 0.15) is 0 Å². The van der Waals surface area contributed by atoms with E-state index in [9.17, 15) is 4.79 Å². The standard InChI is InChI=1S/C13H24N4O/c1-2-3-11(6-7-14)4-5-13(18)16-9-12-8-15-10-17-12/h8,10-11H,2-7,9,14H2,1H3,(H,15,17)(H,16,18). The van der Waals surface area contributed by atoms with Crippen LogP contribution in [0, 0.1) is 5.92 Å². The highest BCUT2D eigenvalue weighted by Gasteiger charge is 2.10. The number of nitrogens with two attached hydrogens (primary N) is 1. The van der Waals surface area contributed by atoms with E-state index in [1.54, 1.807) is 12.5 Å². The maximum atomic E-state index is 11.7. The number of carbonyl (C=O) groups excluding carboxylic acids is 1. The van der Waals surface area contributed by atoms with Crippen molar-refractivity contribution in [3.8, 4) is 0 Å². The number of nitrogens with one attached hydrogen (secondary N) is 2. The van der Waals surface area contributed by atoms with Crippen LogP contribution < -0.4 is 11.1 Å². The van der Waals surface area contributed by atoms with Gasteiger partial charge in [0.2, 0.25) is 5.91 Å². The molecule has 1 aromatic rings. The number of hydrogen-bond acceptors (Lipinski definition) is 3. The molecule has 0 aliphatic heterocycles. The molecule has 0 bridgehead atoms. The minimum Gasteiger partial charge on any atom is -0.350 e. The van der Waals surface area contributed by atoms with E-state index in [4.69, 9.17) is 5.73 Å². The zero-order chi connectivity index (χ0) is 13.2. The topological polar surface area (TPSA) is 83.8 Å². The molecule has 0 aromatic carbocycles. The van der Waals surface area contributed by atoms with Crippen molar-refractivity contribution in [2.45, 2.75) is 45.6 Å². The molecule has 1 unspecified atom stereocenters. The van der Waals surface area contributed by atoms with Gasteiger partial charge in [0, 0.05) is 12.6 Å². The predicted molar refractivity (Wildman–Crippen MR) is 71.7 cm³/mol. The SMILES string of the molecule is CCCC(CCN)CCC(=O)NCc1cnc[nH]1. The number of amides is 1. The lowest BCUT2D eigenvalue weighted by atomic mass is 9.94. The van der Waals surface area contributed by atoms with Crippen LogP contribution in [0.25, 0.3) is 0 Å². The quantitative estimate of drug-likeness (QED) is 0.623. The third-order valence-electron chi connectivity index (χ3n) is 3.08. The van der Waals surface area contributed by atoms with Gasteiger partial charge >= 0.3 is 0 Å². The molecule has 1 aromatic heterocycles. The van der Waals surface area contributed by atoms with Crippen LogP contribution in [-0.2, 0) is 11.3 Å². The Morgan fingerprint density at radius 3 is 2.94 bits per heavy atom. The van der Waals surface area contributed by atoms with Crippen molar-refractivity contribution in [2.24, 2.45) is 11.7 Å². The van der Waals surface area contributed by atoms with E-state index in [1.807, 2.05) is 0 Å². The highest BCUT2D eigenvalue weighted by molar-refractivity contribution is 5.75. The second-order valence-corrected chi connectivity index (χ2v) is 4.62. The fraction of sp³-hybridized carbons (Fsp3) is 0.692. The number of imidazole rings is 1. The fourth-order valence-corrected chi connectivity index (χ4v) is 2.08. The van der Waals surface area contributed by atoms with E-state index in [1.165, 1.54) is 0 Å². The Hall–Kier alpha value is -1.36. The second kappa shape index (κ2) is 8.69. The van der Waals surface area contributed by atoms with Crippen molar-refractivity contribution in [2.75, 3.05) is 6.54 Å². The summed E-state index contributed by atoms with van der Waals surface area (Å²) in [7, 11) is 0. The van der Waals surface area contributed by atoms with Crippen LogP contribution in [0.4, 0.5) is 0 Å². The highest BCUT2D eigenvalue weighted by Crippen LogP contribution is 2.16. The molecule has 0 saturated heterocycles. The summed E-state index contributed by atoms with van der Waals surface area (Å²) in [4.78, 5) is 18.5. The summed E-state index contributed by atoms with van der Waals surface area (Å²) in [6.07, 6.45) is 8.17. The first-order valence-corrected chi connectivity index (χ1v) is 6.70. The molecule has 0 radical (unpaired) electrons. The lowest BCUT2D eigenvalue weighted by molar-refractivity contribution is -0.121. The first-order valence-electron chi connectivity index (χ1n) is 6.70. The Balaban J connectivity index is 2.18. The van der Waals surface area contributed by atoms with E-state index in [2.05, 4.69) is 22.2 Å². The van der Waals surface area contributed by atoms with E-state index in [-0.39, 0.29) is 5.91 Å². The maximum Gasteiger partial charge on any atom is 0.220 e. The Labute approximate surface area is 109 Å². The Bertz CT molecular complexity index is 318. The largest absolute Gasteiger partial charge is 0.350 e. The summed E-state index contributed by atoms with van der Waals surface area (Å²) in [5, 5.41) is 2.88. The molecule has 1 rings (SSSR count). The molecule has 1 atom stereocenters.